The zero-order chi connectivity index (χ0) is 20.8. The summed E-state index contributed by atoms with van der Waals surface area (Å²) in [5, 5.41) is 7.64. The number of hydrogen-bond acceptors (Lipinski definition) is 2. The molecule has 0 heterocycles. The quantitative estimate of drug-likeness (QED) is 0.463. The Morgan fingerprint density at radius 3 is 1.18 bits per heavy atom. The number of nitrogens with one attached hydrogen (secondary N) is 2. The van der Waals surface area contributed by atoms with Crippen molar-refractivity contribution in [1.82, 2.24) is 0 Å². The first-order valence-electron chi connectivity index (χ1n) is 10.2. The van der Waals surface area contributed by atoms with Gasteiger partial charge < -0.3 is 10.6 Å². The highest BCUT2D eigenvalue weighted by atomic mass is 15.0. The second kappa shape index (κ2) is 9.64. The topological polar surface area (TPSA) is 24.1 Å². The Morgan fingerprint density at radius 1 is 0.643 bits per heavy atom. The van der Waals surface area contributed by atoms with Gasteiger partial charge in [0.2, 0.25) is 0 Å². The highest BCUT2D eigenvalue weighted by Crippen LogP contribution is 2.28. The summed E-state index contributed by atoms with van der Waals surface area (Å²) in [5.41, 5.74) is 10.2. The zero-order valence-electron chi connectivity index (χ0n) is 18.4. The van der Waals surface area contributed by atoms with Gasteiger partial charge in [-0.1, -0.05) is 47.5 Å². The maximum Gasteiger partial charge on any atom is 0.0500 e. The van der Waals surface area contributed by atoms with Crippen molar-refractivity contribution in [2.24, 2.45) is 0 Å². The van der Waals surface area contributed by atoms with Gasteiger partial charge in [0.1, 0.15) is 0 Å². The van der Waals surface area contributed by atoms with Gasteiger partial charge in [-0.3, -0.25) is 0 Å². The second-order valence-corrected chi connectivity index (χ2v) is 8.10. The minimum atomic E-state index is 0.218. The molecule has 0 radical (unpaired) electrons. The van der Waals surface area contributed by atoms with E-state index in [1.807, 2.05) is 12.2 Å². The maximum absolute atomic E-state index is 4.00. The van der Waals surface area contributed by atoms with E-state index in [9.17, 15) is 0 Å². The molecular weight excluding hydrogens is 340 g/mol. The van der Waals surface area contributed by atoms with Crippen LogP contribution in [0.5, 0.6) is 0 Å². The number of hydrogen-bond donors (Lipinski definition) is 2. The lowest BCUT2D eigenvalue weighted by Gasteiger charge is -2.32. The summed E-state index contributed by atoms with van der Waals surface area (Å²) in [6.07, 6.45) is 5.76. The van der Waals surface area contributed by atoms with Crippen LogP contribution in [0.4, 0.5) is 11.4 Å². The fourth-order valence-corrected chi connectivity index (χ4v) is 4.19. The van der Waals surface area contributed by atoms with Crippen LogP contribution in [-0.2, 0) is 0 Å². The lowest BCUT2D eigenvalue weighted by Crippen LogP contribution is -2.39. The van der Waals surface area contributed by atoms with Crippen LogP contribution >= 0.6 is 0 Å². The SMILES string of the molecule is C=CC[C@H](Nc1c(C)cc(C)cc1C)[C@@H](CC=C)Nc1c(C)cc(C)cc1C. The summed E-state index contributed by atoms with van der Waals surface area (Å²) in [4.78, 5) is 0. The van der Waals surface area contributed by atoms with E-state index in [0.717, 1.165) is 12.8 Å². The Morgan fingerprint density at radius 2 is 0.929 bits per heavy atom. The first kappa shape index (κ1) is 21.8. The number of rotatable bonds is 9. The maximum atomic E-state index is 4.00. The number of benzene rings is 2. The van der Waals surface area contributed by atoms with E-state index in [-0.39, 0.29) is 12.1 Å². The molecule has 2 N–H and O–H groups in total. The van der Waals surface area contributed by atoms with Crippen molar-refractivity contribution in [3.63, 3.8) is 0 Å². The largest absolute Gasteiger partial charge is 0.379 e. The molecule has 2 atom stereocenters. The molecule has 0 bridgehead atoms. The molecule has 0 fully saturated rings. The molecule has 2 aromatic rings. The van der Waals surface area contributed by atoms with Gasteiger partial charge in [0.25, 0.3) is 0 Å². The summed E-state index contributed by atoms with van der Waals surface area (Å²) < 4.78 is 0. The van der Waals surface area contributed by atoms with Crippen molar-refractivity contribution >= 4 is 11.4 Å². The van der Waals surface area contributed by atoms with Crippen LogP contribution in [0.2, 0.25) is 0 Å². The lowest BCUT2D eigenvalue weighted by atomic mass is 9.96. The molecule has 0 saturated heterocycles. The molecule has 28 heavy (non-hydrogen) atoms. The normalized spacial score (nSPS) is 12.9. The van der Waals surface area contributed by atoms with Gasteiger partial charge in [-0.25, -0.2) is 0 Å². The first-order chi connectivity index (χ1) is 13.3. The molecule has 0 aliphatic heterocycles. The third kappa shape index (κ3) is 5.28. The molecule has 0 spiro atoms. The summed E-state index contributed by atoms with van der Waals surface area (Å²) >= 11 is 0. The van der Waals surface area contributed by atoms with Crippen LogP contribution in [0, 0.1) is 41.5 Å². The van der Waals surface area contributed by atoms with Crippen LogP contribution in [0.1, 0.15) is 46.2 Å². The molecule has 0 aliphatic carbocycles. The number of aryl methyl sites for hydroxylation is 6. The fraction of sp³-hybridized carbons (Fsp3) is 0.385. The summed E-state index contributed by atoms with van der Waals surface area (Å²) in [7, 11) is 0. The minimum absolute atomic E-state index is 0.218. The van der Waals surface area contributed by atoms with Gasteiger partial charge in [-0.15, -0.1) is 13.2 Å². The van der Waals surface area contributed by atoms with Gasteiger partial charge in [-0.05, 0) is 76.6 Å². The zero-order valence-corrected chi connectivity index (χ0v) is 18.4. The van der Waals surface area contributed by atoms with Crippen molar-refractivity contribution in [1.29, 1.82) is 0 Å². The Kier molecular flexibility index (Phi) is 7.51. The van der Waals surface area contributed by atoms with E-state index in [1.54, 1.807) is 0 Å². The van der Waals surface area contributed by atoms with Crippen molar-refractivity contribution < 1.29 is 0 Å². The van der Waals surface area contributed by atoms with Crippen molar-refractivity contribution in [2.45, 2.75) is 66.5 Å². The summed E-state index contributed by atoms with van der Waals surface area (Å²) in [6, 6.07) is 9.40. The molecule has 2 heteroatoms. The predicted octanol–water partition coefficient (Wildman–Crippen LogP) is 6.95. The minimum Gasteiger partial charge on any atom is -0.379 e. The second-order valence-electron chi connectivity index (χ2n) is 8.10. The molecule has 0 saturated carbocycles. The molecule has 0 aromatic heterocycles. The Balaban J connectivity index is 2.37. The molecule has 150 valence electrons. The van der Waals surface area contributed by atoms with Crippen molar-refractivity contribution in [3.05, 3.63) is 83.0 Å². The molecule has 2 nitrogen and oxygen atoms in total. The molecule has 0 aliphatic rings. The van der Waals surface area contributed by atoms with Crippen LogP contribution in [0.3, 0.4) is 0 Å². The van der Waals surface area contributed by atoms with Crippen LogP contribution in [0.25, 0.3) is 0 Å². The molecule has 2 rings (SSSR count). The van der Waals surface area contributed by atoms with Crippen molar-refractivity contribution in [2.75, 3.05) is 10.6 Å². The Bertz CT molecular complexity index is 730. The average Bonchev–Trinajstić information content (AvgIpc) is 2.59. The standard InChI is InChI=1S/C26H36N2/c1-9-11-23(27-25-19(5)13-17(3)14-20(25)6)24(12-10-2)28-26-21(7)15-18(4)16-22(26)8/h9-10,13-16,23-24,27-28H,1-2,11-12H2,3-8H3/t23-,24+. The van der Waals surface area contributed by atoms with E-state index in [4.69, 9.17) is 0 Å². The van der Waals surface area contributed by atoms with E-state index < -0.39 is 0 Å². The third-order valence-electron chi connectivity index (χ3n) is 5.34. The fourth-order valence-electron chi connectivity index (χ4n) is 4.19. The lowest BCUT2D eigenvalue weighted by molar-refractivity contribution is 0.597. The van der Waals surface area contributed by atoms with Gasteiger partial charge in [0, 0.05) is 23.5 Å². The van der Waals surface area contributed by atoms with E-state index in [1.165, 1.54) is 44.8 Å². The van der Waals surface area contributed by atoms with Crippen molar-refractivity contribution in [3.8, 4) is 0 Å². The smallest absolute Gasteiger partial charge is 0.0500 e. The van der Waals surface area contributed by atoms with Gasteiger partial charge in [-0.2, -0.15) is 0 Å². The molecule has 0 amide bonds. The molecule has 0 unspecified atom stereocenters. The Hall–Kier alpha value is -2.48. The summed E-state index contributed by atoms with van der Waals surface area (Å²) in [6.45, 7) is 21.0. The average molecular weight is 377 g/mol. The van der Waals surface area contributed by atoms with Gasteiger partial charge >= 0.3 is 0 Å². The first-order valence-corrected chi connectivity index (χ1v) is 10.2. The monoisotopic (exact) mass is 376 g/mol. The van der Waals surface area contributed by atoms with Gasteiger partial charge in [0.15, 0.2) is 0 Å². The molecular formula is C26H36N2. The van der Waals surface area contributed by atoms with Crippen LogP contribution in [-0.4, -0.2) is 12.1 Å². The predicted molar refractivity (Wildman–Crippen MR) is 126 cm³/mol. The highest BCUT2D eigenvalue weighted by molar-refractivity contribution is 5.61. The van der Waals surface area contributed by atoms with Gasteiger partial charge in [0.05, 0.1) is 0 Å². The van der Waals surface area contributed by atoms with Crippen LogP contribution in [0.15, 0.2) is 49.6 Å². The third-order valence-corrected chi connectivity index (χ3v) is 5.34. The van der Waals surface area contributed by atoms with Crippen LogP contribution < -0.4 is 10.6 Å². The van der Waals surface area contributed by atoms with E-state index >= 15 is 0 Å². The highest BCUT2D eigenvalue weighted by Gasteiger charge is 2.22. The molecule has 2 aromatic carbocycles. The van der Waals surface area contributed by atoms with E-state index in [2.05, 4.69) is 89.6 Å². The van der Waals surface area contributed by atoms with E-state index in [0.29, 0.717) is 0 Å². The number of anilines is 2. The Labute approximate surface area is 171 Å². The summed E-state index contributed by atoms with van der Waals surface area (Å²) in [5.74, 6) is 0.